The molecule has 0 fully saturated rings. The standard InChI is InChI=1S/2C20H24NO3.ClH.H3O4P/c2*1-14(13-21(2,3)4)23-20(22)19-15-9-5-7-11-17(15)24-18-12-8-6-10-16(18)19;;1-5(2,3)4/h2*5-12,14,19H,13H2,1-4H3;1H;(H3,1,2,3,4)/q2*+1;;/p-2. The lowest BCUT2D eigenvalue weighted by Gasteiger charge is -2.30. The zero-order valence-electron chi connectivity index (χ0n) is 31.8. The molecule has 4 aromatic carbocycles. The summed E-state index contributed by atoms with van der Waals surface area (Å²) in [6.45, 7) is 5.41. The Labute approximate surface area is 323 Å². The molecule has 0 aromatic heterocycles. The fourth-order valence-electron chi connectivity index (χ4n) is 6.48. The SMILES string of the molecule is CC(C[N+](C)(C)C)OC(=O)C1c2ccccc2Oc2ccccc21.CC(C[N+](C)(C)C)OC(=O)C1c2ccccc2Oc2ccccc21.O=P([O-])(O)O.[Cl-]. The topological polar surface area (TPSA) is 152 Å². The van der Waals surface area contributed by atoms with E-state index in [9.17, 15) is 9.59 Å². The summed E-state index contributed by atoms with van der Waals surface area (Å²) in [4.78, 5) is 48.8. The molecule has 6 rings (SSSR count). The third kappa shape index (κ3) is 13.0. The Hall–Kier alpha value is -4.26. The number of esters is 2. The second-order valence-corrected chi connectivity index (χ2v) is 16.1. The van der Waals surface area contributed by atoms with Crippen molar-refractivity contribution in [2.24, 2.45) is 0 Å². The fourth-order valence-corrected chi connectivity index (χ4v) is 6.48. The Morgan fingerprint density at radius 2 is 0.833 bits per heavy atom. The maximum absolute atomic E-state index is 12.9. The molecule has 4 aromatic rings. The zero-order valence-corrected chi connectivity index (χ0v) is 33.5. The average molecular weight is 785 g/mol. The van der Waals surface area contributed by atoms with Gasteiger partial charge in [0.05, 0.1) is 42.3 Å². The van der Waals surface area contributed by atoms with Crippen molar-refractivity contribution in [1.29, 1.82) is 0 Å². The summed E-state index contributed by atoms with van der Waals surface area (Å²) in [5.74, 6) is 1.55. The van der Waals surface area contributed by atoms with Crippen LogP contribution in [0.15, 0.2) is 97.1 Å². The molecular weight excluding hydrogens is 735 g/mol. The van der Waals surface area contributed by atoms with Crippen molar-refractivity contribution >= 4 is 19.8 Å². The second kappa shape index (κ2) is 18.4. The number of carbonyl (C=O) groups excluding carboxylic acids is 2. The molecule has 0 aliphatic carbocycles. The zero-order chi connectivity index (χ0) is 39.1. The first-order chi connectivity index (χ1) is 24.7. The Kier molecular flexibility index (Phi) is 15.0. The van der Waals surface area contributed by atoms with E-state index in [2.05, 4.69) is 42.3 Å². The number of ether oxygens (including phenoxy) is 4. The molecule has 0 saturated carbocycles. The van der Waals surface area contributed by atoms with Crippen LogP contribution >= 0.6 is 7.82 Å². The summed E-state index contributed by atoms with van der Waals surface area (Å²) in [5.41, 5.74) is 3.44. The largest absolute Gasteiger partial charge is 1.00 e. The van der Waals surface area contributed by atoms with Crippen LogP contribution in [0.2, 0.25) is 0 Å². The number of carbonyl (C=O) groups is 2. The normalized spacial score (nSPS) is 14.4. The van der Waals surface area contributed by atoms with Gasteiger partial charge in [-0.1, -0.05) is 72.8 Å². The molecule has 2 aliphatic rings. The van der Waals surface area contributed by atoms with Gasteiger partial charge in [0.25, 0.3) is 7.82 Å². The van der Waals surface area contributed by atoms with Gasteiger partial charge in [-0.25, -0.2) is 0 Å². The maximum atomic E-state index is 12.9. The summed E-state index contributed by atoms with van der Waals surface area (Å²) in [7, 11) is 7.63. The molecule has 54 heavy (non-hydrogen) atoms. The van der Waals surface area contributed by atoms with E-state index in [4.69, 9.17) is 38.2 Å². The molecule has 2 aliphatic heterocycles. The summed E-state index contributed by atoms with van der Waals surface area (Å²) in [5, 5.41) is 0. The molecule has 292 valence electrons. The monoisotopic (exact) mass is 784 g/mol. The number of rotatable bonds is 8. The number of halogens is 1. The van der Waals surface area contributed by atoms with Crippen molar-refractivity contribution < 1.29 is 69.2 Å². The third-order valence-corrected chi connectivity index (χ3v) is 8.08. The van der Waals surface area contributed by atoms with Crippen molar-refractivity contribution in [3.05, 3.63) is 119 Å². The van der Waals surface area contributed by atoms with Gasteiger partial charge in [-0.2, -0.15) is 0 Å². The lowest BCUT2D eigenvalue weighted by atomic mass is 9.88. The number of phosphoric acid groups is 1. The predicted octanol–water partition coefficient (Wildman–Crippen LogP) is 2.57. The summed E-state index contributed by atoms with van der Waals surface area (Å²) < 4.78 is 33.7. The number of para-hydroxylation sites is 4. The van der Waals surface area contributed by atoms with Crippen LogP contribution in [0.3, 0.4) is 0 Å². The molecule has 2 N–H and O–H groups in total. The molecule has 0 spiro atoms. The molecule has 2 atom stereocenters. The van der Waals surface area contributed by atoms with Crippen molar-refractivity contribution in [1.82, 2.24) is 0 Å². The van der Waals surface area contributed by atoms with Crippen molar-refractivity contribution in [2.45, 2.75) is 37.9 Å². The number of quaternary nitrogens is 2. The van der Waals surface area contributed by atoms with Gasteiger partial charge in [-0.05, 0) is 38.1 Å². The van der Waals surface area contributed by atoms with E-state index >= 15 is 0 Å². The number of benzene rings is 4. The van der Waals surface area contributed by atoms with Crippen LogP contribution in [0, 0.1) is 0 Å². The lowest BCUT2D eigenvalue weighted by molar-refractivity contribution is -0.873. The van der Waals surface area contributed by atoms with E-state index in [1.807, 2.05) is 111 Å². The number of fused-ring (bicyclic) bond motifs is 4. The first-order valence-electron chi connectivity index (χ1n) is 17.2. The molecule has 0 saturated heterocycles. The fraction of sp³-hybridized carbons (Fsp3) is 0.350. The molecular formula is C40H50ClN2O10P. The van der Waals surface area contributed by atoms with Gasteiger partial charge in [-0.3, -0.25) is 14.2 Å². The minimum Gasteiger partial charge on any atom is -1.00 e. The molecule has 14 heteroatoms. The minimum atomic E-state index is -4.89. The van der Waals surface area contributed by atoms with E-state index in [1.54, 1.807) is 0 Å². The first-order valence-corrected chi connectivity index (χ1v) is 18.7. The number of hydrogen-bond donors (Lipinski definition) is 2. The predicted molar refractivity (Wildman–Crippen MR) is 199 cm³/mol. The van der Waals surface area contributed by atoms with Crippen molar-refractivity contribution in [3.8, 4) is 23.0 Å². The summed E-state index contributed by atoms with van der Waals surface area (Å²) in [6, 6.07) is 30.6. The van der Waals surface area contributed by atoms with E-state index in [-0.39, 0.29) is 36.6 Å². The van der Waals surface area contributed by atoms with Gasteiger partial charge in [-0.15, -0.1) is 0 Å². The van der Waals surface area contributed by atoms with Gasteiger partial charge in [0.15, 0.2) is 0 Å². The highest BCUT2D eigenvalue weighted by Gasteiger charge is 2.36. The van der Waals surface area contributed by atoms with Crippen LogP contribution < -0.4 is 26.8 Å². The third-order valence-electron chi connectivity index (χ3n) is 8.08. The summed E-state index contributed by atoms with van der Waals surface area (Å²) in [6.07, 6.45) is -0.306. The molecule has 2 heterocycles. The Morgan fingerprint density at radius 3 is 1.06 bits per heavy atom. The quantitative estimate of drug-likeness (QED) is 0.155. The Balaban J connectivity index is 0.000000254. The Bertz CT molecular complexity index is 1710. The maximum Gasteiger partial charge on any atom is 0.318 e. The number of hydrogen-bond acceptors (Lipinski definition) is 8. The number of nitrogens with zero attached hydrogens (tertiary/aromatic N) is 2. The van der Waals surface area contributed by atoms with Crippen molar-refractivity contribution in [3.63, 3.8) is 0 Å². The second-order valence-electron chi connectivity index (χ2n) is 15.2. The lowest BCUT2D eigenvalue weighted by Crippen LogP contribution is -3.00. The van der Waals surface area contributed by atoms with E-state index < -0.39 is 19.7 Å². The van der Waals surface area contributed by atoms with Crippen LogP contribution in [-0.2, 0) is 23.6 Å². The van der Waals surface area contributed by atoms with Crippen LogP contribution in [0.4, 0.5) is 0 Å². The van der Waals surface area contributed by atoms with Crippen molar-refractivity contribution in [2.75, 3.05) is 55.4 Å². The van der Waals surface area contributed by atoms with Gasteiger partial charge in [0, 0.05) is 22.3 Å². The highest BCUT2D eigenvalue weighted by molar-refractivity contribution is 7.43. The highest BCUT2D eigenvalue weighted by Crippen LogP contribution is 2.45. The Morgan fingerprint density at radius 1 is 0.611 bits per heavy atom. The van der Waals surface area contributed by atoms with Gasteiger partial charge in [0.1, 0.15) is 60.1 Å². The van der Waals surface area contributed by atoms with Gasteiger partial charge in [0.2, 0.25) is 0 Å². The van der Waals surface area contributed by atoms with E-state index in [0.717, 1.165) is 67.3 Å². The molecule has 0 bridgehead atoms. The molecule has 2 unspecified atom stereocenters. The van der Waals surface area contributed by atoms with E-state index in [1.165, 1.54) is 0 Å². The highest BCUT2D eigenvalue weighted by atomic mass is 35.5. The number of likely N-dealkylation sites (N-methyl/N-ethyl adjacent to an activating group) is 2. The van der Waals surface area contributed by atoms with Crippen LogP contribution in [0.25, 0.3) is 0 Å². The van der Waals surface area contributed by atoms with Gasteiger partial charge >= 0.3 is 11.9 Å². The molecule has 0 amide bonds. The van der Waals surface area contributed by atoms with Crippen LogP contribution in [-0.4, -0.2) is 98.3 Å². The summed E-state index contributed by atoms with van der Waals surface area (Å²) >= 11 is 0. The smallest absolute Gasteiger partial charge is 0.318 e. The molecule has 0 radical (unpaired) electrons. The van der Waals surface area contributed by atoms with E-state index in [0.29, 0.717) is 0 Å². The van der Waals surface area contributed by atoms with Gasteiger partial charge < -0.3 is 55.0 Å². The van der Waals surface area contributed by atoms with Crippen LogP contribution in [0.5, 0.6) is 23.0 Å². The minimum absolute atomic E-state index is 0. The first kappa shape index (κ1) is 44.1. The average Bonchev–Trinajstić information content (AvgIpc) is 3.03. The molecule has 12 nitrogen and oxygen atoms in total. The van der Waals surface area contributed by atoms with Crippen LogP contribution in [0.1, 0.15) is 47.9 Å².